The van der Waals surface area contributed by atoms with Crippen molar-refractivity contribution in [3.63, 3.8) is 0 Å². The fraction of sp³-hybridized carbons (Fsp3) is 0.357. The number of esters is 1. The van der Waals surface area contributed by atoms with Gasteiger partial charge in [0.05, 0.1) is 7.11 Å². The average Bonchev–Trinajstić information content (AvgIpc) is 3.06. The van der Waals surface area contributed by atoms with Gasteiger partial charge in [-0.1, -0.05) is 30.3 Å². The number of rotatable bonds is 3. The summed E-state index contributed by atoms with van der Waals surface area (Å²) in [6, 6.07) is 6.88. The van der Waals surface area contributed by atoms with E-state index in [1.165, 1.54) is 7.11 Å². The van der Waals surface area contributed by atoms with E-state index < -0.39 is 24.1 Å². The Hall–Kier alpha value is -2.21. The molecule has 1 unspecified atom stereocenters. The first-order chi connectivity index (χ1) is 9.57. The summed E-state index contributed by atoms with van der Waals surface area (Å²) < 4.78 is 4.75. The molecule has 20 heavy (non-hydrogen) atoms. The van der Waals surface area contributed by atoms with Crippen molar-refractivity contribution in [2.24, 2.45) is 0 Å². The van der Waals surface area contributed by atoms with E-state index in [1.54, 1.807) is 42.3 Å². The number of likely N-dealkylation sites (N-methyl/N-ethyl adjacent to an activating group) is 1. The van der Waals surface area contributed by atoms with Crippen molar-refractivity contribution in [1.82, 2.24) is 9.80 Å². The largest absolute Gasteiger partial charge is 0.467 e. The van der Waals surface area contributed by atoms with Gasteiger partial charge in [0.25, 0.3) is 0 Å². The summed E-state index contributed by atoms with van der Waals surface area (Å²) in [4.78, 5) is 39.3. The van der Waals surface area contributed by atoms with Crippen molar-refractivity contribution in [2.75, 3.05) is 14.2 Å². The van der Waals surface area contributed by atoms with Gasteiger partial charge in [-0.05, 0) is 12.6 Å². The lowest BCUT2D eigenvalue weighted by molar-refractivity contribution is -0.158. The number of hydrogen-bond donors (Lipinski definition) is 0. The van der Waals surface area contributed by atoms with Crippen LogP contribution in [0.5, 0.6) is 0 Å². The highest BCUT2D eigenvalue weighted by atomic mass is 16.5. The molecule has 0 N–H and O–H groups in total. The Kier molecular flexibility index (Phi) is 2.83. The van der Waals surface area contributed by atoms with E-state index in [2.05, 4.69) is 0 Å². The van der Waals surface area contributed by atoms with Crippen LogP contribution in [0.25, 0.3) is 0 Å². The van der Waals surface area contributed by atoms with Gasteiger partial charge in [-0.15, -0.1) is 0 Å². The summed E-state index contributed by atoms with van der Waals surface area (Å²) in [5.74, 6) is -1.27. The van der Waals surface area contributed by atoms with Gasteiger partial charge in [0.15, 0.2) is 6.04 Å². The topological polar surface area (TPSA) is 66.7 Å². The van der Waals surface area contributed by atoms with Crippen LogP contribution in [0.15, 0.2) is 30.3 Å². The first-order valence-corrected chi connectivity index (χ1v) is 6.29. The lowest BCUT2D eigenvalue weighted by Gasteiger charge is -2.26. The SMILES string of the molecule is COC(=O)[C@H](c1ccccc1)N1C(=O)[C@@H]2[C@H](C1=O)N2C. The van der Waals surface area contributed by atoms with Crippen molar-refractivity contribution < 1.29 is 19.1 Å². The van der Waals surface area contributed by atoms with Crippen LogP contribution < -0.4 is 0 Å². The minimum Gasteiger partial charge on any atom is -0.467 e. The normalized spacial score (nSPS) is 29.1. The van der Waals surface area contributed by atoms with Gasteiger partial charge in [0, 0.05) is 0 Å². The Labute approximate surface area is 115 Å². The van der Waals surface area contributed by atoms with Crippen molar-refractivity contribution in [3.05, 3.63) is 35.9 Å². The third-order valence-corrected chi connectivity index (χ3v) is 3.87. The first-order valence-electron chi connectivity index (χ1n) is 6.29. The predicted molar refractivity (Wildman–Crippen MR) is 68.4 cm³/mol. The van der Waals surface area contributed by atoms with E-state index in [0.717, 1.165) is 4.90 Å². The Bertz CT molecular complexity index is 564. The molecule has 2 saturated heterocycles. The van der Waals surface area contributed by atoms with E-state index in [4.69, 9.17) is 4.74 Å². The minimum absolute atomic E-state index is 0.332. The number of hydrogen-bond acceptors (Lipinski definition) is 5. The van der Waals surface area contributed by atoms with E-state index >= 15 is 0 Å². The van der Waals surface area contributed by atoms with Crippen LogP contribution in [0.1, 0.15) is 11.6 Å². The molecule has 104 valence electrons. The molecule has 0 aromatic heterocycles. The molecule has 1 aromatic rings. The van der Waals surface area contributed by atoms with Gasteiger partial charge >= 0.3 is 5.97 Å². The molecule has 0 aliphatic carbocycles. The van der Waals surface area contributed by atoms with Crippen molar-refractivity contribution >= 4 is 17.8 Å². The molecule has 0 bridgehead atoms. The molecule has 0 radical (unpaired) electrons. The van der Waals surface area contributed by atoms with Crippen molar-refractivity contribution in [2.45, 2.75) is 18.1 Å². The lowest BCUT2D eigenvalue weighted by atomic mass is 10.1. The van der Waals surface area contributed by atoms with E-state index in [9.17, 15) is 14.4 Å². The molecule has 2 amide bonds. The van der Waals surface area contributed by atoms with E-state index in [0.29, 0.717) is 5.56 Å². The Morgan fingerprint density at radius 3 is 2.20 bits per heavy atom. The molecule has 2 aliphatic heterocycles. The second-order valence-corrected chi connectivity index (χ2v) is 4.94. The number of nitrogens with zero attached hydrogens (tertiary/aromatic N) is 2. The molecule has 3 rings (SSSR count). The number of carbonyl (C=O) groups excluding carboxylic acids is 3. The van der Waals surface area contributed by atoms with Gasteiger partial charge in [0.2, 0.25) is 11.8 Å². The molecule has 6 nitrogen and oxygen atoms in total. The van der Waals surface area contributed by atoms with Crippen LogP contribution in [-0.4, -0.2) is 53.8 Å². The molecule has 2 aliphatic rings. The predicted octanol–water partition coefficient (Wildman–Crippen LogP) is -0.0479. The van der Waals surface area contributed by atoms with Crippen LogP contribution in [0.2, 0.25) is 0 Å². The molecule has 4 atom stereocenters. The number of ether oxygens (including phenoxy) is 1. The maximum Gasteiger partial charge on any atom is 0.333 e. The lowest BCUT2D eigenvalue weighted by Crippen LogP contribution is -2.44. The highest BCUT2D eigenvalue weighted by Gasteiger charge is 2.66. The maximum atomic E-state index is 12.3. The van der Waals surface area contributed by atoms with Gasteiger partial charge in [-0.2, -0.15) is 0 Å². The van der Waals surface area contributed by atoms with E-state index in [-0.39, 0.29) is 11.8 Å². The molecule has 2 heterocycles. The number of carbonyl (C=O) groups is 3. The monoisotopic (exact) mass is 274 g/mol. The van der Waals surface area contributed by atoms with Gasteiger partial charge in [-0.25, -0.2) is 4.79 Å². The highest BCUT2D eigenvalue weighted by molar-refractivity contribution is 6.15. The number of likely N-dealkylation sites (tertiary alicyclic amines) is 1. The van der Waals surface area contributed by atoms with Gasteiger partial charge in [-0.3, -0.25) is 19.4 Å². The molecule has 2 fully saturated rings. The molecular weight excluding hydrogens is 260 g/mol. The molecule has 0 saturated carbocycles. The van der Waals surface area contributed by atoms with Crippen molar-refractivity contribution in [3.8, 4) is 0 Å². The summed E-state index contributed by atoms with van der Waals surface area (Å²) in [6.45, 7) is 0. The smallest absolute Gasteiger partial charge is 0.333 e. The molecule has 6 heteroatoms. The number of fused-ring (bicyclic) bond motifs is 1. The van der Waals surface area contributed by atoms with Crippen LogP contribution in [0.3, 0.4) is 0 Å². The fourth-order valence-corrected chi connectivity index (χ4v) is 2.74. The van der Waals surface area contributed by atoms with Crippen LogP contribution in [0.4, 0.5) is 0 Å². The second kappa shape index (κ2) is 4.42. The number of methoxy groups -OCH3 is 1. The zero-order valence-corrected chi connectivity index (χ0v) is 11.1. The van der Waals surface area contributed by atoms with Crippen molar-refractivity contribution in [1.29, 1.82) is 0 Å². The van der Waals surface area contributed by atoms with Crippen LogP contribution in [-0.2, 0) is 19.1 Å². The number of amides is 2. The Balaban J connectivity index is 1.98. The minimum atomic E-state index is -0.998. The molecular formula is C14H14N2O4. The highest BCUT2D eigenvalue weighted by Crippen LogP contribution is 2.40. The third kappa shape index (κ3) is 1.65. The quantitative estimate of drug-likeness (QED) is 0.439. The number of piperazine rings is 1. The van der Waals surface area contributed by atoms with Crippen LogP contribution >= 0.6 is 0 Å². The zero-order chi connectivity index (χ0) is 14.4. The summed E-state index contributed by atoms with van der Waals surface area (Å²) in [5, 5.41) is 0. The molecule has 1 aromatic carbocycles. The number of benzene rings is 1. The zero-order valence-electron chi connectivity index (χ0n) is 11.1. The summed E-state index contributed by atoms with van der Waals surface area (Å²) in [6.07, 6.45) is 0. The summed E-state index contributed by atoms with van der Waals surface area (Å²) in [7, 11) is 2.97. The Morgan fingerprint density at radius 1 is 1.15 bits per heavy atom. The fourth-order valence-electron chi connectivity index (χ4n) is 2.74. The maximum absolute atomic E-state index is 12.3. The molecule has 0 spiro atoms. The third-order valence-electron chi connectivity index (χ3n) is 3.87. The second-order valence-electron chi connectivity index (χ2n) is 4.94. The van der Waals surface area contributed by atoms with Gasteiger partial charge < -0.3 is 4.74 Å². The summed E-state index contributed by atoms with van der Waals surface area (Å²) in [5.41, 5.74) is 0.574. The van der Waals surface area contributed by atoms with E-state index in [1.807, 2.05) is 0 Å². The standard InChI is InChI=1S/C14H14N2O4/c1-15-10-11(15)13(18)16(12(10)17)9(14(19)20-2)8-6-4-3-5-7-8/h3-7,9-11H,1-2H3/t9-,10-,11+,15?/m0/s1. The Morgan fingerprint density at radius 2 is 1.70 bits per heavy atom. The van der Waals surface area contributed by atoms with Crippen LogP contribution in [0, 0.1) is 0 Å². The summed E-state index contributed by atoms with van der Waals surface area (Å²) >= 11 is 0. The first kappa shape index (κ1) is 12.8. The number of imide groups is 1. The average molecular weight is 274 g/mol. The van der Waals surface area contributed by atoms with Gasteiger partial charge in [0.1, 0.15) is 12.1 Å².